The highest BCUT2D eigenvalue weighted by molar-refractivity contribution is 6.11. The Hall–Kier alpha value is -3.49. The van der Waals surface area contributed by atoms with Crippen LogP contribution in [0.3, 0.4) is 0 Å². The number of ketones is 1. The zero-order valence-electron chi connectivity index (χ0n) is 15.3. The zero-order valence-corrected chi connectivity index (χ0v) is 15.3. The van der Waals surface area contributed by atoms with Gasteiger partial charge in [0.05, 0.1) is 28.1 Å². The minimum Gasteiger partial charge on any atom is -0.507 e. The van der Waals surface area contributed by atoms with Crippen LogP contribution in [0.1, 0.15) is 48.5 Å². The van der Waals surface area contributed by atoms with E-state index < -0.39 is 27.0 Å². The molecule has 0 heterocycles. The van der Waals surface area contributed by atoms with Crippen molar-refractivity contribution < 1.29 is 24.5 Å². The van der Waals surface area contributed by atoms with Crippen molar-refractivity contribution in [2.75, 3.05) is 6.61 Å². The highest BCUT2D eigenvalue weighted by atomic mass is 16.6. The van der Waals surface area contributed by atoms with Crippen molar-refractivity contribution in [3.05, 3.63) is 67.8 Å². The molecule has 0 atom stereocenters. The van der Waals surface area contributed by atoms with E-state index in [1.807, 2.05) is 0 Å². The minimum absolute atomic E-state index is 0.131. The maximum absolute atomic E-state index is 12.6. The third kappa shape index (κ3) is 5.26. The summed E-state index contributed by atoms with van der Waals surface area (Å²) in [6.45, 7) is 2.58. The highest BCUT2D eigenvalue weighted by Crippen LogP contribution is 2.29. The molecule has 0 saturated carbocycles. The maximum Gasteiger partial charge on any atom is 0.277 e. The molecule has 2 aromatic carbocycles. The first-order valence-corrected chi connectivity index (χ1v) is 8.78. The molecule has 0 amide bonds. The van der Waals surface area contributed by atoms with Crippen LogP contribution in [-0.2, 0) is 0 Å². The second-order valence-electron chi connectivity index (χ2n) is 6.17. The van der Waals surface area contributed by atoms with Crippen LogP contribution in [0.4, 0.5) is 11.4 Å². The predicted molar refractivity (Wildman–Crippen MR) is 101 cm³/mol. The molecule has 0 spiro atoms. The topological polar surface area (TPSA) is 133 Å². The molecule has 0 bridgehead atoms. The largest absolute Gasteiger partial charge is 0.507 e. The molecule has 28 heavy (non-hydrogen) atoms. The van der Waals surface area contributed by atoms with Crippen LogP contribution in [0, 0.1) is 20.2 Å². The Labute approximate surface area is 160 Å². The number of aromatic hydroxyl groups is 1. The normalized spacial score (nSPS) is 10.5. The van der Waals surface area contributed by atoms with Crippen LogP contribution < -0.4 is 4.74 Å². The van der Waals surface area contributed by atoms with Crippen LogP contribution in [-0.4, -0.2) is 27.3 Å². The number of hydrogen-bond donors (Lipinski definition) is 1. The lowest BCUT2D eigenvalue weighted by Gasteiger charge is -2.09. The zero-order chi connectivity index (χ0) is 20.7. The SMILES string of the molecule is CCCCCCOc1ccc(C(=O)c2cc([N+](=O)[O-])cc([N+](=O)[O-])c2)c(O)c1. The van der Waals surface area contributed by atoms with E-state index in [0.717, 1.165) is 43.9 Å². The van der Waals surface area contributed by atoms with Crippen LogP contribution in [0.25, 0.3) is 0 Å². The Morgan fingerprint density at radius 3 is 2.18 bits per heavy atom. The number of unbranched alkanes of at least 4 members (excludes halogenated alkanes) is 3. The number of phenolic OH excluding ortho intramolecular Hbond substituents is 1. The van der Waals surface area contributed by atoms with E-state index in [-0.39, 0.29) is 16.9 Å². The van der Waals surface area contributed by atoms with Gasteiger partial charge in [0.2, 0.25) is 0 Å². The Kier molecular flexibility index (Phi) is 7.02. The molecular formula is C19H20N2O7. The smallest absolute Gasteiger partial charge is 0.277 e. The fraction of sp³-hybridized carbons (Fsp3) is 0.316. The van der Waals surface area contributed by atoms with Crippen molar-refractivity contribution in [3.63, 3.8) is 0 Å². The number of carbonyl (C=O) groups excluding carboxylic acids is 1. The monoisotopic (exact) mass is 388 g/mol. The number of hydrogen-bond acceptors (Lipinski definition) is 7. The van der Waals surface area contributed by atoms with Gasteiger partial charge in [0.25, 0.3) is 11.4 Å². The molecule has 9 nitrogen and oxygen atoms in total. The number of ether oxygens (including phenoxy) is 1. The van der Waals surface area contributed by atoms with Crippen LogP contribution in [0.2, 0.25) is 0 Å². The van der Waals surface area contributed by atoms with E-state index in [2.05, 4.69) is 6.92 Å². The number of nitrogens with zero attached hydrogens (tertiary/aromatic N) is 2. The number of benzene rings is 2. The van der Waals surface area contributed by atoms with E-state index >= 15 is 0 Å². The Balaban J connectivity index is 2.22. The van der Waals surface area contributed by atoms with Gasteiger partial charge in [0.15, 0.2) is 5.78 Å². The molecule has 0 aromatic heterocycles. The molecule has 0 aliphatic rings. The number of carbonyl (C=O) groups is 1. The lowest BCUT2D eigenvalue weighted by atomic mass is 10.0. The van der Waals surface area contributed by atoms with Crippen LogP contribution in [0.15, 0.2) is 36.4 Å². The van der Waals surface area contributed by atoms with Gasteiger partial charge in [0, 0.05) is 23.8 Å². The van der Waals surface area contributed by atoms with Crippen molar-refractivity contribution in [2.24, 2.45) is 0 Å². The van der Waals surface area contributed by atoms with Crippen molar-refractivity contribution in [3.8, 4) is 11.5 Å². The molecule has 1 N–H and O–H groups in total. The second-order valence-corrected chi connectivity index (χ2v) is 6.17. The lowest BCUT2D eigenvalue weighted by molar-refractivity contribution is -0.394. The van der Waals surface area contributed by atoms with E-state index in [4.69, 9.17) is 4.74 Å². The molecule has 0 saturated heterocycles. The van der Waals surface area contributed by atoms with E-state index in [1.54, 1.807) is 0 Å². The van der Waals surface area contributed by atoms with Crippen LogP contribution >= 0.6 is 0 Å². The van der Waals surface area contributed by atoms with Gasteiger partial charge in [-0.15, -0.1) is 0 Å². The van der Waals surface area contributed by atoms with Crippen LogP contribution in [0.5, 0.6) is 11.5 Å². The highest BCUT2D eigenvalue weighted by Gasteiger charge is 2.22. The summed E-state index contributed by atoms with van der Waals surface area (Å²) in [7, 11) is 0. The number of rotatable bonds is 10. The summed E-state index contributed by atoms with van der Waals surface area (Å²) in [4.78, 5) is 32.9. The van der Waals surface area contributed by atoms with Crippen molar-refractivity contribution >= 4 is 17.2 Å². The molecule has 0 aliphatic heterocycles. The summed E-state index contributed by atoms with van der Waals surface area (Å²) in [5, 5.41) is 32.1. The second kappa shape index (κ2) is 9.45. The standard InChI is InChI=1S/C19H20N2O7/c1-2-3-4-5-8-28-16-6-7-17(18(22)12-16)19(23)13-9-14(20(24)25)11-15(10-13)21(26)27/h6-7,9-12,22H,2-5,8H2,1H3. The quantitative estimate of drug-likeness (QED) is 0.276. The first-order valence-electron chi connectivity index (χ1n) is 8.78. The number of non-ortho nitro benzene ring substituents is 2. The average molecular weight is 388 g/mol. The molecular weight excluding hydrogens is 368 g/mol. The third-order valence-electron chi connectivity index (χ3n) is 4.07. The van der Waals surface area contributed by atoms with Gasteiger partial charge >= 0.3 is 0 Å². The first-order chi connectivity index (χ1) is 13.3. The number of nitro benzene ring substituents is 2. The molecule has 0 aliphatic carbocycles. The van der Waals surface area contributed by atoms with Crippen molar-refractivity contribution in [1.29, 1.82) is 0 Å². The molecule has 0 radical (unpaired) electrons. The van der Waals surface area contributed by atoms with Gasteiger partial charge < -0.3 is 9.84 Å². The number of nitro groups is 2. The average Bonchev–Trinajstić information content (AvgIpc) is 2.67. The van der Waals surface area contributed by atoms with Gasteiger partial charge in [-0.05, 0) is 18.6 Å². The fourth-order valence-corrected chi connectivity index (χ4v) is 2.60. The first kappa shape index (κ1) is 20.8. The minimum atomic E-state index is -0.820. The fourth-order valence-electron chi connectivity index (χ4n) is 2.60. The van der Waals surface area contributed by atoms with Gasteiger partial charge in [-0.2, -0.15) is 0 Å². The number of phenols is 1. The van der Waals surface area contributed by atoms with E-state index in [1.165, 1.54) is 18.2 Å². The van der Waals surface area contributed by atoms with Gasteiger partial charge in [-0.25, -0.2) is 0 Å². The summed E-state index contributed by atoms with van der Waals surface area (Å²) < 4.78 is 5.53. The lowest BCUT2D eigenvalue weighted by Crippen LogP contribution is -2.05. The Morgan fingerprint density at radius 1 is 1.00 bits per heavy atom. The summed E-state index contributed by atoms with van der Waals surface area (Å²) in [6.07, 6.45) is 4.11. The molecule has 0 fully saturated rings. The summed E-state index contributed by atoms with van der Waals surface area (Å²) >= 11 is 0. The Bertz CT molecular complexity index is 864. The Morgan fingerprint density at radius 2 is 1.64 bits per heavy atom. The van der Waals surface area contributed by atoms with Gasteiger partial charge in [-0.3, -0.25) is 25.0 Å². The maximum atomic E-state index is 12.6. The van der Waals surface area contributed by atoms with E-state index in [0.29, 0.717) is 12.4 Å². The van der Waals surface area contributed by atoms with Gasteiger partial charge in [0.1, 0.15) is 11.5 Å². The van der Waals surface area contributed by atoms with Gasteiger partial charge in [-0.1, -0.05) is 26.2 Å². The summed E-state index contributed by atoms with van der Waals surface area (Å²) in [6, 6.07) is 6.74. The predicted octanol–water partition coefficient (Wildman–Crippen LogP) is 4.40. The van der Waals surface area contributed by atoms with E-state index in [9.17, 15) is 30.1 Å². The molecule has 9 heteroatoms. The summed E-state index contributed by atoms with van der Waals surface area (Å²) in [5.41, 5.74) is -1.55. The molecule has 0 unspecified atom stereocenters. The molecule has 148 valence electrons. The summed E-state index contributed by atoms with van der Waals surface area (Å²) in [5.74, 6) is -0.750. The third-order valence-corrected chi connectivity index (χ3v) is 4.07. The molecule has 2 rings (SSSR count). The van der Waals surface area contributed by atoms with Crippen molar-refractivity contribution in [2.45, 2.75) is 32.6 Å². The van der Waals surface area contributed by atoms with Crippen molar-refractivity contribution in [1.82, 2.24) is 0 Å². The molecule has 2 aromatic rings.